The summed E-state index contributed by atoms with van der Waals surface area (Å²) in [4.78, 5) is 15.8. The van der Waals surface area contributed by atoms with Gasteiger partial charge in [0.1, 0.15) is 0 Å². The molecule has 0 spiro atoms. The van der Waals surface area contributed by atoms with Gasteiger partial charge in [-0.25, -0.2) is 4.79 Å². The number of aromatic nitrogens is 2. The third kappa shape index (κ3) is 3.26. The Hall–Kier alpha value is -3.19. The zero-order chi connectivity index (χ0) is 16.9. The van der Waals surface area contributed by atoms with Crippen LogP contribution in [0.4, 0.5) is 5.82 Å². The number of hydrogen-bond acceptors (Lipinski definition) is 6. The van der Waals surface area contributed by atoms with Gasteiger partial charge in [-0.15, -0.1) is 0 Å². The molecule has 0 atom stereocenters. The van der Waals surface area contributed by atoms with Crippen molar-refractivity contribution in [3.05, 3.63) is 65.5 Å². The van der Waals surface area contributed by atoms with Crippen LogP contribution in [0, 0.1) is 0 Å². The Morgan fingerprint density at radius 1 is 1.25 bits per heavy atom. The molecule has 0 bridgehead atoms. The van der Waals surface area contributed by atoms with E-state index in [0.29, 0.717) is 18.7 Å². The SMILES string of the molecule is NCc1ccnc(CNc2noc(-c3ccccc3)c2C(=O)O)c1. The van der Waals surface area contributed by atoms with Crippen LogP contribution in [0.15, 0.2) is 53.2 Å². The van der Waals surface area contributed by atoms with Gasteiger partial charge in [0.25, 0.3) is 0 Å². The van der Waals surface area contributed by atoms with E-state index in [9.17, 15) is 9.90 Å². The minimum atomic E-state index is -1.11. The number of nitrogens with two attached hydrogens (primary N) is 1. The van der Waals surface area contributed by atoms with Crippen LogP contribution >= 0.6 is 0 Å². The first-order chi connectivity index (χ1) is 11.7. The van der Waals surface area contributed by atoms with Crippen LogP contribution in [0.5, 0.6) is 0 Å². The molecule has 2 aromatic heterocycles. The maximum absolute atomic E-state index is 11.6. The quantitative estimate of drug-likeness (QED) is 0.638. The van der Waals surface area contributed by atoms with E-state index >= 15 is 0 Å². The maximum atomic E-state index is 11.6. The fraction of sp³-hybridized carbons (Fsp3) is 0.118. The molecule has 0 unspecified atom stereocenters. The van der Waals surface area contributed by atoms with Crippen molar-refractivity contribution in [3.8, 4) is 11.3 Å². The molecule has 2 heterocycles. The summed E-state index contributed by atoms with van der Waals surface area (Å²) in [6.07, 6.45) is 1.66. The van der Waals surface area contributed by atoms with E-state index in [1.807, 2.05) is 18.2 Å². The van der Waals surface area contributed by atoms with Gasteiger partial charge in [0.15, 0.2) is 17.1 Å². The van der Waals surface area contributed by atoms with Crippen molar-refractivity contribution in [2.75, 3.05) is 5.32 Å². The van der Waals surface area contributed by atoms with Crippen molar-refractivity contribution in [2.24, 2.45) is 5.73 Å². The van der Waals surface area contributed by atoms with Gasteiger partial charge < -0.3 is 20.7 Å². The Morgan fingerprint density at radius 2 is 2.04 bits per heavy atom. The van der Waals surface area contributed by atoms with Crippen LogP contribution in [-0.2, 0) is 13.1 Å². The highest BCUT2D eigenvalue weighted by molar-refractivity contribution is 5.99. The van der Waals surface area contributed by atoms with Gasteiger partial charge in [-0.1, -0.05) is 35.5 Å². The van der Waals surface area contributed by atoms with Crippen LogP contribution in [0.3, 0.4) is 0 Å². The summed E-state index contributed by atoms with van der Waals surface area (Å²) >= 11 is 0. The van der Waals surface area contributed by atoms with Crippen LogP contribution in [0.2, 0.25) is 0 Å². The Balaban J connectivity index is 1.86. The highest BCUT2D eigenvalue weighted by Gasteiger charge is 2.23. The van der Waals surface area contributed by atoms with Crippen LogP contribution in [-0.4, -0.2) is 21.2 Å². The number of carbonyl (C=O) groups is 1. The van der Waals surface area contributed by atoms with E-state index < -0.39 is 5.97 Å². The second-order valence-electron chi connectivity index (χ2n) is 5.12. The van der Waals surface area contributed by atoms with E-state index in [0.717, 1.165) is 11.3 Å². The molecule has 3 aromatic rings. The number of carboxylic acid groups (broad SMARTS) is 1. The lowest BCUT2D eigenvalue weighted by atomic mass is 10.1. The molecule has 0 fully saturated rings. The first-order valence-electron chi connectivity index (χ1n) is 7.35. The van der Waals surface area contributed by atoms with E-state index in [1.54, 1.807) is 30.5 Å². The fourth-order valence-corrected chi connectivity index (χ4v) is 2.32. The molecule has 24 heavy (non-hydrogen) atoms. The molecule has 0 saturated heterocycles. The molecule has 1 aromatic carbocycles. The number of rotatable bonds is 6. The summed E-state index contributed by atoms with van der Waals surface area (Å²) in [6, 6.07) is 12.7. The highest BCUT2D eigenvalue weighted by Crippen LogP contribution is 2.29. The molecule has 7 nitrogen and oxygen atoms in total. The Bertz CT molecular complexity index is 846. The van der Waals surface area contributed by atoms with Crippen molar-refractivity contribution in [1.29, 1.82) is 0 Å². The molecule has 4 N–H and O–H groups in total. The number of hydrogen-bond donors (Lipinski definition) is 3. The fourth-order valence-electron chi connectivity index (χ4n) is 2.32. The highest BCUT2D eigenvalue weighted by atomic mass is 16.5. The van der Waals surface area contributed by atoms with Gasteiger partial charge in [0, 0.05) is 18.3 Å². The molecule has 0 aliphatic carbocycles. The third-order valence-corrected chi connectivity index (χ3v) is 3.50. The molecule has 7 heteroatoms. The summed E-state index contributed by atoms with van der Waals surface area (Å²) in [5.41, 5.74) is 7.94. The monoisotopic (exact) mass is 324 g/mol. The predicted molar refractivity (Wildman–Crippen MR) is 88.4 cm³/mol. The van der Waals surface area contributed by atoms with E-state index in [1.165, 1.54) is 0 Å². The molecule has 0 aliphatic heterocycles. The number of benzene rings is 1. The average molecular weight is 324 g/mol. The summed E-state index contributed by atoms with van der Waals surface area (Å²) in [5, 5.41) is 16.3. The van der Waals surface area contributed by atoms with Gasteiger partial charge >= 0.3 is 5.97 Å². The van der Waals surface area contributed by atoms with Crippen molar-refractivity contribution in [2.45, 2.75) is 13.1 Å². The molecule has 0 amide bonds. The number of carboxylic acids is 1. The van der Waals surface area contributed by atoms with Crippen molar-refractivity contribution < 1.29 is 14.4 Å². The summed E-state index contributed by atoms with van der Waals surface area (Å²) in [6.45, 7) is 0.729. The number of aromatic carboxylic acids is 1. The molecule has 0 aliphatic rings. The lowest BCUT2D eigenvalue weighted by Crippen LogP contribution is -2.08. The standard InChI is InChI=1S/C17H16N4O3/c18-9-11-6-7-19-13(8-11)10-20-16-14(17(22)23)15(24-21-16)12-4-2-1-3-5-12/h1-8H,9-10,18H2,(H,20,21)(H,22,23). The lowest BCUT2D eigenvalue weighted by molar-refractivity contribution is 0.0698. The number of nitrogens with one attached hydrogen (secondary N) is 1. The topological polar surface area (TPSA) is 114 Å². The minimum Gasteiger partial charge on any atom is -0.477 e. The summed E-state index contributed by atoms with van der Waals surface area (Å²) in [7, 11) is 0. The number of anilines is 1. The zero-order valence-electron chi connectivity index (χ0n) is 12.8. The third-order valence-electron chi connectivity index (χ3n) is 3.50. The largest absolute Gasteiger partial charge is 0.477 e. The molecular formula is C17H16N4O3. The maximum Gasteiger partial charge on any atom is 0.343 e. The normalized spacial score (nSPS) is 10.5. The van der Waals surface area contributed by atoms with Gasteiger partial charge in [-0.3, -0.25) is 4.98 Å². The first kappa shape index (κ1) is 15.7. The van der Waals surface area contributed by atoms with Crippen molar-refractivity contribution in [1.82, 2.24) is 10.1 Å². The molecule has 3 rings (SSSR count). The van der Waals surface area contributed by atoms with Crippen LogP contribution < -0.4 is 11.1 Å². The number of nitrogens with zero attached hydrogens (tertiary/aromatic N) is 2. The van der Waals surface area contributed by atoms with Crippen molar-refractivity contribution >= 4 is 11.8 Å². The van der Waals surface area contributed by atoms with Gasteiger partial charge in [0.05, 0.1) is 12.2 Å². The Kier molecular flexibility index (Phi) is 4.53. The van der Waals surface area contributed by atoms with Gasteiger partial charge in [0.2, 0.25) is 0 Å². The van der Waals surface area contributed by atoms with Crippen molar-refractivity contribution in [3.63, 3.8) is 0 Å². The number of pyridine rings is 1. The van der Waals surface area contributed by atoms with E-state index in [4.69, 9.17) is 10.3 Å². The minimum absolute atomic E-state index is 0.00354. The second-order valence-corrected chi connectivity index (χ2v) is 5.12. The van der Waals surface area contributed by atoms with Gasteiger partial charge in [-0.05, 0) is 17.7 Å². The van der Waals surface area contributed by atoms with Crippen LogP contribution in [0.1, 0.15) is 21.6 Å². The Labute approximate surface area is 138 Å². The Morgan fingerprint density at radius 3 is 2.75 bits per heavy atom. The summed E-state index contributed by atoms with van der Waals surface area (Å²) < 4.78 is 5.24. The zero-order valence-corrected chi connectivity index (χ0v) is 12.8. The molecule has 122 valence electrons. The van der Waals surface area contributed by atoms with E-state index in [2.05, 4.69) is 15.5 Å². The predicted octanol–water partition coefficient (Wildman–Crippen LogP) is 2.51. The lowest BCUT2D eigenvalue weighted by Gasteiger charge is -2.05. The smallest absolute Gasteiger partial charge is 0.343 e. The molecular weight excluding hydrogens is 308 g/mol. The molecule has 0 radical (unpaired) electrons. The van der Waals surface area contributed by atoms with Gasteiger partial charge in [-0.2, -0.15) is 0 Å². The second kappa shape index (κ2) is 6.93. The van der Waals surface area contributed by atoms with Crippen LogP contribution in [0.25, 0.3) is 11.3 Å². The molecule has 0 saturated carbocycles. The average Bonchev–Trinajstić information content (AvgIpc) is 3.05. The summed E-state index contributed by atoms with van der Waals surface area (Å²) in [5.74, 6) is -0.725. The van der Waals surface area contributed by atoms with E-state index in [-0.39, 0.29) is 17.1 Å². The first-order valence-corrected chi connectivity index (χ1v) is 7.35.